The van der Waals surface area contributed by atoms with Gasteiger partial charge in [-0.1, -0.05) is 29.3 Å². The van der Waals surface area contributed by atoms with Gasteiger partial charge in [0, 0.05) is 0 Å². The van der Waals surface area contributed by atoms with Crippen LogP contribution < -0.4 is 0 Å². The van der Waals surface area contributed by atoms with Crippen LogP contribution >= 0.6 is 23.2 Å². The molecule has 0 heterocycles. The number of benzene rings is 1. The van der Waals surface area contributed by atoms with Gasteiger partial charge in [0.15, 0.2) is 9.84 Å². The lowest BCUT2D eigenvalue weighted by Crippen LogP contribution is -2.08. The van der Waals surface area contributed by atoms with Crippen molar-refractivity contribution in [3.8, 4) is 0 Å². The van der Waals surface area contributed by atoms with E-state index in [0.717, 1.165) is 0 Å². The molecule has 0 spiro atoms. The second kappa shape index (κ2) is 5.08. The van der Waals surface area contributed by atoms with Crippen LogP contribution in [0.5, 0.6) is 0 Å². The Morgan fingerprint density at radius 2 is 2.00 bits per heavy atom. The predicted molar refractivity (Wildman–Crippen MR) is 65.7 cm³/mol. The smallest absolute Gasteiger partial charge is 0.338 e. The van der Waals surface area contributed by atoms with Crippen molar-refractivity contribution in [2.24, 2.45) is 0 Å². The number of carbonyl (C=O) groups is 1. The van der Waals surface area contributed by atoms with E-state index in [0.29, 0.717) is 0 Å². The Balaban J connectivity index is 3.54. The number of halogens is 2. The van der Waals surface area contributed by atoms with Gasteiger partial charge in [-0.25, -0.2) is 13.2 Å². The van der Waals surface area contributed by atoms with Gasteiger partial charge in [0.25, 0.3) is 0 Å². The zero-order valence-corrected chi connectivity index (χ0v) is 10.8. The van der Waals surface area contributed by atoms with E-state index in [1.807, 2.05) is 0 Å². The summed E-state index contributed by atoms with van der Waals surface area (Å²) in [5.41, 5.74) is -0.418. The van der Waals surface area contributed by atoms with Crippen LogP contribution in [0.4, 0.5) is 0 Å². The number of carboxylic acid groups (broad SMARTS) is 1. The van der Waals surface area contributed by atoms with E-state index >= 15 is 0 Å². The van der Waals surface area contributed by atoms with Crippen molar-refractivity contribution < 1.29 is 18.3 Å². The molecule has 0 aliphatic rings. The van der Waals surface area contributed by atoms with E-state index in [4.69, 9.17) is 28.3 Å². The molecule has 0 amide bonds. The first-order valence-electron chi connectivity index (χ1n) is 4.36. The number of aromatic carboxylic acids is 1. The van der Waals surface area contributed by atoms with Crippen molar-refractivity contribution in [3.05, 3.63) is 40.4 Å². The molecular formula is C10H8Cl2O4S. The Bertz CT molecular complexity index is 578. The fourth-order valence-electron chi connectivity index (χ4n) is 1.21. The summed E-state index contributed by atoms with van der Waals surface area (Å²) in [6, 6.07) is 2.36. The standard InChI is InChI=1S/C10H8Cl2O4S/c1-2-5-17(15,16)7-4-3-6(11)8(9(7)12)10(13)14/h2-4H,1,5H2,(H,13,14). The summed E-state index contributed by atoms with van der Waals surface area (Å²) in [7, 11) is -3.69. The minimum Gasteiger partial charge on any atom is -0.478 e. The van der Waals surface area contributed by atoms with Crippen molar-refractivity contribution in [3.63, 3.8) is 0 Å². The first kappa shape index (κ1) is 14.0. The zero-order chi connectivity index (χ0) is 13.2. The molecule has 0 aliphatic carbocycles. The average molecular weight is 295 g/mol. The van der Waals surface area contributed by atoms with E-state index < -0.39 is 21.4 Å². The molecule has 0 aromatic heterocycles. The van der Waals surface area contributed by atoms with Crippen molar-refractivity contribution in [1.29, 1.82) is 0 Å². The molecule has 4 nitrogen and oxygen atoms in total. The molecule has 1 aromatic rings. The normalized spacial score (nSPS) is 11.2. The van der Waals surface area contributed by atoms with Gasteiger partial charge in [0.1, 0.15) is 0 Å². The van der Waals surface area contributed by atoms with Crippen molar-refractivity contribution >= 4 is 39.0 Å². The Hall–Kier alpha value is -1.04. The highest BCUT2D eigenvalue weighted by Gasteiger charge is 2.23. The SMILES string of the molecule is C=CCS(=O)(=O)c1ccc(Cl)c(C(=O)O)c1Cl. The fraction of sp³-hybridized carbons (Fsp3) is 0.100. The molecule has 17 heavy (non-hydrogen) atoms. The Labute approximate surface area is 108 Å². The van der Waals surface area contributed by atoms with Crippen molar-refractivity contribution in [1.82, 2.24) is 0 Å². The highest BCUT2D eigenvalue weighted by molar-refractivity contribution is 7.91. The van der Waals surface area contributed by atoms with Crippen LogP contribution in [0.25, 0.3) is 0 Å². The van der Waals surface area contributed by atoms with Crippen LogP contribution in [-0.2, 0) is 9.84 Å². The molecule has 0 saturated carbocycles. The van der Waals surface area contributed by atoms with E-state index in [9.17, 15) is 13.2 Å². The third-order valence-electron chi connectivity index (χ3n) is 1.94. The zero-order valence-electron chi connectivity index (χ0n) is 8.48. The number of sulfone groups is 1. The Morgan fingerprint density at radius 3 is 2.47 bits per heavy atom. The lowest BCUT2D eigenvalue weighted by molar-refractivity contribution is 0.0697. The summed E-state index contributed by atoms with van der Waals surface area (Å²) in [4.78, 5) is 10.6. The first-order chi connectivity index (χ1) is 7.81. The molecule has 1 aromatic carbocycles. The quantitative estimate of drug-likeness (QED) is 0.867. The van der Waals surface area contributed by atoms with E-state index in [2.05, 4.69) is 6.58 Å². The van der Waals surface area contributed by atoms with Gasteiger partial charge < -0.3 is 5.11 Å². The van der Waals surface area contributed by atoms with Crippen LogP contribution in [-0.4, -0.2) is 25.2 Å². The van der Waals surface area contributed by atoms with E-state index in [-0.39, 0.29) is 20.7 Å². The van der Waals surface area contributed by atoms with Crippen molar-refractivity contribution in [2.75, 3.05) is 5.75 Å². The van der Waals surface area contributed by atoms with Gasteiger partial charge >= 0.3 is 5.97 Å². The number of hydrogen-bond donors (Lipinski definition) is 1. The van der Waals surface area contributed by atoms with Crippen LogP contribution in [0.1, 0.15) is 10.4 Å². The molecule has 7 heteroatoms. The third kappa shape index (κ3) is 2.80. The average Bonchev–Trinajstić information content (AvgIpc) is 2.15. The maximum atomic E-state index is 11.7. The highest BCUT2D eigenvalue weighted by Crippen LogP contribution is 2.31. The van der Waals surface area contributed by atoms with Gasteiger partial charge in [0.2, 0.25) is 0 Å². The molecule has 0 fully saturated rings. The summed E-state index contributed by atoms with van der Waals surface area (Å²) >= 11 is 11.4. The predicted octanol–water partition coefficient (Wildman–Crippen LogP) is 2.65. The monoisotopic (exact) mass is 294 g/mol. The summed E-state index contributed by atoms with van der Waals surface area (Å²) in [5, 5.41) is 8.39. The molecule has 0 aliphatic heterocycles. The fourth-order valence-corrected chi connectivity index (χ4v) is 3.24. The summed E-state index contributed by atoms with van der Waals surface area (Å²) in [6.45, 7) is 3.31. The number of carboxylic acids is 1. The Kier molecular flexibility index (Phi) is 4.19. The largest absolute Gasteiger partial charge is 0.478 e. The summed E-state index contributed by atoms with van der Waals surface area (Å²) in [6.07, 6.45) is 1.20. The van der Waals surface area contributed by atoms with E-state index in [1.54, 1.807) is 0 Å². The summed E-state index contributed by atoms with van der Waals surface area (Å²) < 4.78 is 23.5. The molecule has 1 N–H and O–H groups in total. The molecule has 92 valence electrons. The maximum absolute atomic E-state index is 11.7. The lowest BCUT2D eigenvalue weighted by Gasteiger charge is -2.08. The molecule has 0 saturated heterocycles. The number of hydrogen-bond acceptors (Lipinski definition) is 3. The second-order valence-electron chi connectivity index (χ2n) is 3.11. The minimum atomic E-state index is -3.69. The molecule has 0 radical (unpaired) electrons. The van der Waals surface area contributed by atoms with Crippen LogP contribution in [0.15, 0.2) is 29.7 Å². The van der Waals surface area contributed by atoms with Gasteiger partial charge in [0.05, 0.1) is 26.3 Å². The topological polar surface area (TPSA) is 71.4 Å². The second-order valence-corrected chi connectivity index (χ2v) is 5.90. The maximum Gasteiger partial charge on any atom is 0.338 e. The number of rotatable bonds is 4. The van der Waals surface area contributed by atoms with Gasteiger partial charge in [-0.05, 0) is 12.1 Å². The summed E-state index contributed by atoms with van der Waals surface area (Å²) in [5.74, 6) is -1.71. The molecule has 1 rings (SSSR count). The lowest BCUT2D eigenvalue weighted by atomic mass is 10.2. The molecular weight excluding hydrogens is 287 g/mol. The molecule has 0 unspecified atom stereocenters. The van der Waals surface area contributed by atoms with Gasteiger partial charge in [-0.15, -0.1) is 6.58 Å². The first-order valence-corrected chi connectivity index (χ1v) is 6.77. The third-order valence-corrected chi connectivity index (χ3v) is 4.45. The molecule has 0 bridgehead atoms. The van der Waals surface area contributed by atoms with Gasteiger partial charge in [-0.3, -0.25) is 0 Å². The minimum absolute atomic E-state index is 0.111. The Morgan fingerprint density at radius 1 is 1.41 bits per heavy atom. The van der Waals surface area contributed by atoms with Crippen LogP contribution in [0.2, 0.25) is 10.0 Å². The van der Waals surface area contributed by atoms with Gasteiger partial charge in [-0.2, -0.15) is 0 Å². The van der Waals surface area contributed by atoms with Crippen molar-refractivity contribution in [2.45, 2.75) is 4.90 Å². The van der Waals surface area contributed by atoms with Crippen LogP contribution in [0.3, 0.4) is 0 Å². The highest BCUT2D eigenvalue weighted by atomic mass is 35.5. The van der Waals surface area contributed by atoms with Crippen LogP contribution in [0, 0.1) is 0 Å². The molecule has 0 atom stereocenters. The van der Waals surface area contributed by atoms with E-state index in [1.165, 1.54) is 18.2 Å².